The molecule has 2 amide bonds. The Balaban J connectivity index is 1.81. The number of ether oxygens (including phenoxy) is 1. The van der Waals surface area contributed by atoms with Gasteiger partial charge in [0.1, 0.15) is 11.8 Å². The van der Waals surface area contributed by atoms with E-state index in [0.717, 1.165) is 0 Å². The van der Waals surface area contributed by atoms with E-state index in [4.69, 9.17) is 10.00 Å². The van der Waals surface area contributed by atoms with E-state index in [1.807, 2.05) is 6.07 Å². The Bertz CT molecular complexity index is 1090. The molecule has 2 aromatic rings. The molecule has 1 heterocycles. The topological polar surface area (TPSA) is 129 Å². The number of para-hydroxylation sites is 2. The van der Waals surface area contributed by atoms with Crippen LogP contribution in [0, 0.1) is 11.3 Å². The zero-order valence-electron chi connectivity index (χ0n) is 15.5. The van der Waals surface area contributed by atoms with E-state index in [1.54, 1.807) is 30.3 Å². The minimum atomic E-state index is -4.08. The molecule has 0 unspecified atom stereocenters. The van der Waals surface area contributed by atoms with Crippen LogP contribution < -0.4 is 19.7 Å². The quantitative estimate of drug-likeness (QED) is 0.728. The molecule has 150 valence electrons. The predicted molar refractivity (Wildman–Crippen MR) is 104 cm³/mol. The second-order valence-electron chi connectivity index (χ2n) is 6.13. The van der Waals surface area contributed by atoms with Gasteiger partial charge in [0.2, 0.25) is 15.9 Å². The van der Waals surface area contributed by atoms with Crippen molar-refractivity contribution in [1.82, 2.24) is 10.0 Å². The number of hydrogen-bond acceptors (Lipinski definition) is 6. The molecule has 2 N–H and O–H groups in total. The summed E-state index contributed by atoms with van der Waals surface area (Å²) in [5.41, 5.74) is 0.415. The molecule has 2 aromatic carbocycles. The summed E-state index contributed by atoms with van der Waals surface area (Å²) < 4.78 is 32.9. The van der Waals surface area contributed by atoms with Gasteiger partial charge in [0.15, 0.2) is 6.10 Å². The number of nitrogens with zero attached hydrogens (tertiary/aromatic N) is 2. The van der Waals surface area contributed by atoms with E-state index in [0.29, 0.717) is 11.4 Å². The van der Waals surface area contributed by atoms with Crippen molar-refractivity contribution in [2.45, 2.75) is 11.0 Å². The van der Waals surface area contributed by atoms with Gasteiger partial charge in [-0.1, -0.05) is 24.3 Å². The maximum atomic E-state index is 12.8. The Labute approximate surface area is 167 Å². The van der Waals surface area contributed by atoms with Gasteiger partial charge in [0.25, 0.3) is 5.91 Å². The van der Waals surface area contributed by atoms with E-state index < -0.39 is 34.5 Å². The van der Waals surface area contributed by atoms with Crippen molar-refractivity contribution in [3.05, 3.63) is 54.1 Å². The molecule has 0 bridgehead atoms. The summed E-state index contributed by atoms with van der Waals surface area (Å²) in [5, 5.41) is 11.6. The highest BCUT2D eigenvalue weighted by atomic mass is 32.2. The van der Waals surface area contributed by atoms with Crippen molar-refractivity contribution < 1.29 is 22.7 Å². The number of benzene rings is 2. The van der Waals surface area contributed by atoms with Crippen LogP contribution in [0.3, 0.4) is 0 Å². The highest BCUT2D eigenvalue weighted by molar-refractivity contribution is 7.89. The molecule has 0 aromatic heterocycles. The number of nitriles is 1. The largest absolute Gasteiger partial charge is 0.477 e. The van der Waals surface area contributed by atoms with Crippen LogP contribution >= 0.6 is 0 Å². The Kier molecular flexibility index (Phi) is 5.81. The fourth-order valence-electron chi connectivity index (χ4n) is 2.89. The van der Waals surface area contributed by atoms with Gasteiger partial charge in [-0.25, -0.2) is 13.1 Å². The first-order chi connectivity index (χ1) is 13.9. The molecule has 0 saturated carbocycles. The molecule has 3 rings (SSSR count). The van der Waals surface area contributed by atoms with Crippen LogP contribution in [-0.4, -0.2) is 46.5 Å². The number of rotatable bonds is 5. The van der Waals surface area contributed by atoms with Crippen LogP contribution in [0.25, 0.3) is 0 Å². The van der Waals surface area contributed by atoms with E-state index >= 15 is 0 Å². The summed E-state index contributed by atoms with van der Waals surface area (Å²) in [4.78, 5) is 25.9. The van der Waals surface area contributed by atoms with Gasteiger partial charge in [-0.2, -0.15) is 5.26 Å². The smallest absolute Gasteiger partial charge is 0.262 e. The second kappa shape index (κ2) is 8.30. The molecule has 0 fully saturated rings. The minimum Gasteiger partial charge on any atom is -0.477 e. The first-order valence-electron chi connectivity index (χ1n) is 8.64. The summed E-state index contributed by atoms with van der Waals surface area (Å²) in [6.07, 6.45) is -0.922. The van der Waals surface area contributed by atoms with Crippen LogP contribution in [0.5, 0.6) is 5.75 Å². The summed E-state index contributed by atoms with van der Waals surface area (Å²) in [6, 6.07) is 14.2. The molecule has 10 heteroatoms. The van der Waals surface area contributed by atoms with Gasteiger partial charge in [0.05, 0.1) is 29.2 Å². The average Bonchev–Trinajstić information content (AvgIpc) is 2.76. The van der Waals surface area contributed by atoms with Crippen LogP contribution in [0.4, 0.5) is 5.69 Å². The van der Waals surface area contributed by atoms with Crippen molar-refractivity contribution >= 4 is 27.5 Å². The van der Waals surface area contributed by atoms with Crippen LogP contribution in [0.1, 0.15) is 5.56 Å². The molecule has 1 aliphatic heterocycles. The fraction of sp³-hybridized carbons (Fsp3) is 0.211. The average molecular weight is 414 g/mol. The Hall–Kier alpha value is -3.42. The first-order valence-corrected chi connectivity index (χ1v) is 10.1. The molecule has 9 nitrogen and oxygen atoms in total. The molecule has 29 heavy (non-hydrogen) atoms. The lowest BCUT2D eigenvalue weighted by Crippen LogP contribution is -2.52. The number of hydrogen-bond donors (Lipinski definition) is 2. The van der Waals surface area contributed by atoms with E-state index in [2.05, 4.69) is 10.0 Å². The molecular formula is C19H18N4O5S. The maximum absolute atomic E-state index is 12.8. The third-order valence-electron chi connectivity index (χ3n) is 4.32. The standard InChI is InChI=1S/C19H18N4O5S/c1-21-19(25)16-12-23(14-7-3-4-8-15(14)28-16)18(24)11-22-29(26,27)17-9-5-2-6-13(17)10-20/h2-9,16,22H,11-12H2,1H3,(H,21,25)/t16-/m0/s1. The molecular weight excluding hydrogens is 396 g/mol. The fourth-order valence-corrected chi connectivity index (χ4v) is 4.02. The van der Waals surface area contributed by atoms with Gasteiger partial charge in [-0.15, -0.1) is 0 Å². The number of anilines is 1. The van der Waals surface area contributed by atoms with Crippen molar-refractivity contribution in [2.75, 3.05) is 25.0 Å². The third kappa shape index (κ3) is 4.21. The molecule has 0 radical (unpaired) electrons. The Morgan fingerprint density at radius 1 is 1.21 bits per heavy atom. The summed E-state index contributed by atoms with van der Waals surface area (Å²) in [7, 11) is -2.62. The third-order valence-corrected chi connectivity index (χ3v) is 5.78. The number of fused-ring (bicyclic) bond motifs is 1. The lowest BCUT2D eigenvalue weighted by molar-refractivity contribution is -0.127. The van der Waals surface area contributed by atoms with Gasteiger partial charge >= 0.3 is 0 Å². The summed E-state index contributed by atoms with van der Waals surface area (Å²) >= 11 is 0. The highest BCUT2D eigenvalue weighted by Gasteiger charge is 2.33. The van der Waals surface area contributed by atoms with E-state index in [1.165, 1.54) is 30.1 Å². The normalized spacial score (nSPS) is 15.6. The summed E-state index contributed by atoms with van der Waals surface area (Å²) in [6.45, 7) is -0.608. The van der Waals surface area contributed by atoms with Crippen LogP contribution in [0.15, 0.2) is 53.4 Å². The van der Waals surface area contributed by atoms with Crippen LogP contribution in [0.2, 0.25) is 0 Å². The molecule has 0 aliphatic carbocycles. The number of carbonyl (C=O) groups is 2. The van der Waals surface area contributed by atoms with Gasteiger partial charge in [-0.3, -0.25) is 9.59 Å². The molecule has 1 aliphatic rings. The van der Waals surface area contributed by atoms with E-state index in [9.17, 15) is 18.0 Å². The van der Waals surface area contributed by atoms with Gasteiger partial charge in [-0.05, 0) is 24.3 Å². The predicted octanol–water partition coefficient (Wildman–Crippen LogP) is 0.377. The Morgan fingerprint density at radius 2 is 1.90 bits per heavy atom. The lowest BCUT2D eigenvalue weighted by atomic mass is 10.1. The van der Waals surface area contributed by atoms with Crippen molar-refractivity contribution in [3.8, 4) is 11.8 Å². The van der Waals surface area contributed by atoms with Gasteiger partial charge < -0.3 is 15.0 Å². The maximum Gasteiger partial charge on any atom is 0.262 e. The number of carbonyl (C=O) groups excluding carboxylic acids is 2. The zero-order chi connectivity index (χ0) is 21.0. The van der Waals surface area contributed by atoms with Gasteiger partial charge in [0, 0.05) is 7.05 Å². The number of nitrogens with one attached hydrogen (secondary N) is 2. The van der Waals surface area contributed by atoms with Crippen molar-refractivity contribution in [2.24, 2.45) is 0 Å². The number of likely N-dealkylation sites (N-methyl/N-ethyl adjacent to an activating group) is 1. The van der Waals surface area contributed by atoms with Crippen molar-refractivity contribution in [1.29, 1.82) is 5.26 Å². The minimum absolute atomic E-state index is 0.0242. The van der Waals surface area contributed by atoms with E-state index in [-0.39, 0.29) is 17.0 Å². The summed E-state index contributed by atoms with van der Waals surface area (Å²) in [5.74, 6) is -0.619. The number of amides is 2. The lowest BCUT2D eigenvalue weighted by Gasteiger charge is -2.34. The monoisotopic (exact) mass is 414 g/mol. The molecule has 1 atom stereocenters. The first kappa shape index (κ1) is 20.3. The van der Waals surface area contributed by atoms with Crippen LogP contribution in [-0.2, 0) is 19.6 Å². The molecule has 0 saturated heterocycles. The molecule has 0 spiro atoms. The Morgan fingerprint density at radius 3 is 2.62 bits per heavy atom. The SMILES string of the molecule is CNC(=O)[C@@H]1CN(C(=O)CNS(=O)(=O)c2ccccc2C#N)c2ccccc2O1. The van der Waals surface area contributed by atoms with Crippen molar-refractivity contribution in [3.63, 3.8) is 0 Å². The zero-order valence-corrected chi connectivity index (χ0v) is 16.3. The second-order valence-corrected chi connectivity index (χ2v) is 7.86. The number of sulfonamides is 1. The highest BCUT2D eigenvalue weighted by Crippen LogP contribution is 2.33.